The minimum atomic E-state index is -0.238. The fourth-order valence-electron chi connectivity index (χ4n) is 3.18. The van der Waals surface area contributed by atoms with E-state index in [1.165, 1.54) is 12.1 Å². The lowest BCUT2D eigenvalue weighted by Gasteiger charge is -2.24. The largest absolute Gasteiger partial charge is 0.352 e. The topological polar surface area (TPSA) is 56.7 Å². The molecule has 2 N–H and O–H groups in total. The van der Waals surface area contributed by atoms with Crippen LogP contribution >= 0.6 is 0 Å². The molecule has 28 heavy (non-hydrogen) atoms. The monoisotopic (exact) mass is 382 g/mol. The van der Waals surface area contributed by atoms with Gasteiger partial charge in [0, 0.05) is 38.8 Å². The molecule has 5 nitrogen and oxygen atoms in total. The van der Waals surface area contributed by atoms with E-state index < -0.39 is 0 Å². The Morgan fingerprint density at radius 3 is 2.57 bits per heavy atom. The van der Waals surface area contributed by atoms with Crippen molar-refractivity contribution < 1.29 is 9.18 Å². The van der Waals surface area contributed by atoms with Crippen LogP contribution in [0, 0.1) is 11.7 Å². The average molecular weight is 382 g/mol. The number of rotatable bonds is 6. The maximum atomic E-state index is 13.1. The van der Waals surface area contributed by atoms with Crippen LogP contribution in [0.1, 0.15) is 30.4 Å². The number of nitrogens with zero attached hydrogens (tertiary/aromatic N) is 2. The summed E-state index contributed by atoms with van der Waals surface area (Å²) in [4.78, 5) is 18.4. The predicted octanol–water partition coefficient (Wildman–Crippen LogP) is 3.77. The first-order valence-electron chi connectivity index (χ1n) is 9.61. The van der Waals surface area contributed by atoms with Crippen LogP contribution < -0.4 is 10.6 Å². The number of guanidine groups is 1. The van der Waals surface area contributed by atoms with Crippen LogP contribution in [-0.2, 0) is 17.9 Å². The number of aliphatic imine (C=N–C) groups is 1. The molecule has 3 rings (SSSR count). The van der Waals surface area contributed by atoms with Crippen molar-refractivity contribution in [2.75, 3.05) is 19.4 Å². The molecule has 2 aromatic rings. The number of carbonyl (C=O) groups is 1. The number of anilines is 1. The summed E-state index contributed by atoms with van der Waals surface area (Å²) in [5, 5.41) is 6.34. The zero-order valence-electron chi connectivity index (χ0n) is 16.4. The third kappa shape index (κ3) is 5.31. The Hall–Kier alpha value is -2.89. The SMILES string of the molecule is CN=C(NCc1cccc(NC(=O)C2CCC2)c1)N(C)Cc1ccc(F)cc1. The third-order valence-corrected chi connectivity index (χ3v) is 5.03. The van der Waals surface area contributed by atoms with Crippen LogP contribution in [0.25, 0.3) is 0 Å². The molecular weight excluding hydrogens is 355 g/mol. The molecule has 148 valence electrons. The Labute approximate surface area is 165 Å². The fraction of sp³-hybridized carbons (Fsp3) is 0.364. The molecule has 0 aliphatic heterocycles. The molecule has 1 fully saturated rings. The van der Waals surface area contributed by atoms with Crippen molar-refractivity contribution in [3.8, 4) is 0 Å². The van der Waals surface area contributed by atoms with Gasteiger partial charge in [-0.15, -0.1) is 0 Å². The molecule has 0 saturated heterocycles. The second-order valence-corrected chi connectivity index (χ2v) is 7.20. The summed E-state index contributed by atoms with van der Waals surface area (Å²) in [7, 11) is 3.67. The Morgan fingerprint density at radius 2 is 1.93 bits per heavy atom. The Bertz CT molecular complexity index is 831. The minimum absolute atomic E-state index is 0.117. The van der Waals surface area contributed by atoms with Gasteiger partial charge in [-0.1, -0.05) is 30.7 Å². The molecule has 1 saturated carbocycles. The summed E-state index contributed by atoms with van der Waals surface area (Å²) < 4.78 is 13.1. The summed E-state index contributed by atoms with van der Waals surface area (Å²) >= 11 is 0. The standard InChI is InChI=1S/C22H27FN4O/c1-24-22(27(2)15-16-9-11-19(23)12-10-16)25-14-17-5-3-8-20(13-17)26-21(28)18-6-4-7-18/h3,5,8-13,18H,4,6-7,14-15H2,1-2H3,(H,24,25)(H,26,28). The highest BCUT2D eigenvalue weighted by Gasteiger charge is 2.25. The smallest absolute Gasteiger partial charge is 0.227 e. The Kier molecular flexibility index (Phi) is 6.63. The number of carbonyl (C=O) groups excluding carboxylic acids is 1. The lowest BCUT2D eigenvalue weighted by molar-refractivity contribution is -0.122. The average Bonchev–Trinajstić information content (AvgIpc) is 2.63. The highest BCUT2D eigenvalue weighted by molar-refractivity contribution is 5.93. The van der Waals surface area contributed by atoms with Crippen LogP contribution in [0.4, 0.5) is 10.1 Å². The van der Waals surface area contributed by atoms with Crippen molar-refractivity contribution in [1.29, 1.82) is 0 Å². The molecule has 1 aliphatic carbocycles. The first kappa shape index (κ1) is 19.9. The first-order chi connectivity index (χ1) is 13.5. The van der Waals surface area contributed by atoms with Crippen molar-refractivity contribution in [2.24, 2.45) is 10.9 Å². The van der Waals surface area contributed by atoms with E-state index in [1.54, 1.807) is 19.2 Å². The molecule has 1 amide bonds. The van der Waals surface area contributed by atoms with E-state index in [-0.39, 0.29) is 17.6 Å². The van der Waals surface area contributed by atoms with Crippen molar-refractivity contribution in [1.82, 2.24) is 10.2 Å². The second-order valence-electron chi connectivity index (χ2n) is 7.20. The summed E-state index contributed by atoms with van der Waals surface area (Å²) in [6.45, 7) is 1.21. The zero-order chi connectivity index (χ0) is 19.9. The van der Waals surface area contributed by atoms with Crippen molar-refractivity contribution in [2.45, 2.75) is 32.4 Å². The van der Waals surface area contributed by atoms with Crippen molar-refractivity contribution >= 4 is 17.6 Å². The molecule has 0 spiro atoms. The maximum absolute atomic E-state index is 13.1. The lowest BCUT2D eigenvalue weighted by Crippen LogP contribution is -2.38. The summed E-state index contributed by atoms with van der Waals surface area (Å²) in [5.74, 6) is 0.790. The molecule has 0 atom stereocenters. The number of hydrogen-bond acceptors (Lipinski definition) is 2. The van der Waals surface area contributed by atoms with Gasteiger partial charge in [-0.25, -0.2) is 4.39 Å². The van der Waals surface area contributed by atoms with E-state index in [0.717, 1.165) is 42.0 Å². The molecule has 1 aliphatic rings. The minimum Gasteiger partial charge on any atom is -0.352 e. The van der Waals surface area contributed by atoms with E-state index in [1.807, 2.05) is 36.2 Å². The van der Waals surface area contributed by atoms with Crippen LogP contribution in [0.2, 0.25) is 0 Å². The first-order valence-corrected chi connectivity index (χ1v) is 9.61. The van der Waals surface area contributed by atoms with Gasteiger partial charge < -0.3 is 15.5 Å². The molecule has 0 radical (unpaired) electrons. The van der Waals surface area contributed by atoms with Gasteiger partial charge in [-0.05, 0) is 48.2 Å². The summed E-state index contributed by atoms with van der Waals surface area (Å²) in [5.41, 5.74) is 2.89. The lowest BCUT2D eigenvalue weighted by atomic mass is 9.85. The van der Waals surface area contributed by atoms with E-state index in [9.17, 15) is 9.18 Å². The quantitative estimate of drug-likeness (QED) is 0.591. The number of halogens is 1. The predicted molar refractivity (Wildman–Crippen MR) is 110 cm³/mol. The Balaban J connectivity index is 1.54. The summed E-state index contributed by atoms with van der Waals surface area (Å²) in [6, 6.07) is 14.3. The number of amides is 1. The molecule has 6 heteroatoms. The Morgan fingerprint density at radius 1 is 1.18 bits per heavy atom. The van der Waals surface area contributed by atoms with Gasteiger partial charge in [0.1, 0.15) is 5.82 Å². The van der Waals surface area contributed by atoms with Gasteiger partial charge in [0.2, 0.25) is 5.91 Å². The molecule has 0 heterocycles. The molecular formula is C22H27FN4O. The van der Waals surface area contributed by atoms with Gasteiger partial charge >= 0.3 is 0 Å². The van der Waals surface area contributed by atoms with Gasteiger partial charge in [0.15, 0.2) is 5.96 Å². The molecule has 0 unspecified atom stereocenters. The number of benzene rings is 2. The van der Waals surface area contributed by atoms with Crippen LogP contribution in [0.3, 0.4) is 0 Å². The van der Waals surface area contributed by atoms with Gasteiger partial charge in [0.25, 0.3) is 0 Å². The van der Waals surface area contributed by atoms with E-state index in [2.05, 4.69) is 15.6 Å². The van der Waals surface area contributed by atoms with E-state index in [4.69, 9.17) is 0 Å². The maximum Gasteiger partial charge on any atom is 0.227 e. The molecule has 0 bridgehead atoms. The second kappa shape index (κ2) is 9.35. The van der Waals surface area contributed by atoms with Crippen molar-refractivity contribution in [3.63, 3.8) is 0 Å². The van der Waals surface area contributed by atoms with Crippen molar-refractivity contribution in [3.05, 3.63) is 65.5 Å². The van der Waals surface area contributed by atoms with Gasteiger partial charge in [0.05, 0.1) is 0 Å². The highest BCUT2D eigenvalue weighted by Crippen LogP contribution is 2.27. The fourth-order valence-corrected chi connectivity index (χ4v) is 3.18. The number of nitrogens with one attached hydrogen (secondary N) is 2. The van der Waals surface area contributed by atoms with Gasteiger partial charge in [-0.3, -0.25) is 9.79 Å². The molecule has 0 aromatic heterocycles. The summed E-state index contributed by atoms with van der Waals surface area (Å²) in [6.07, 6.45) is 3.13. The molecule has 2 aromatic carbocycles. The zero-order valence-corrected chi connectivity index (χ0v) is 16.4. The van der Waals surface area contributed by atoms with Gasteiger partial charge in [-0.2, -0.15) is 0 Å². The number of hydrogen-bond donors (Lipinski definition) is 2. The van der Waals surface area contributed by atoms with Crippen LogP contribution in [-0.4, -0.2) is 30.9 Å². The van der Waals surface area contributed by atoms with E-state index >= 15 is 0 Å². The van der Waals surface area contributed by atoms with E-state index in [0.29, 0.717) is 13.1 Å². The van der Waals surface area contributed by atoms with Crippen LogP contribution in [0.15, 0.2) is 53.5 Å². The van der Waals surface area contributed by atoms with Crippen LogP contribution in [0.5, 0.6) is 0 Å². The third-order valence-electron chi connectivity index (χ3n) is 5.03. The normalized spacial score (nSPS) is 14.3. The highest BCUT2D eigenvalue weighted by atomic mass is 19.1.